The highest BCUT2D eigenvalue weighted by Crippen LogP contribution is 2.24. The maximum atomic E-state index is 11.3. The molecule has 0 unspecified atom stereocenters. The molecule has 1 aliphatic heterocycles. The van der Waals surface area contributed by atoms with E-state index in [1.807, 2.05) is 0 Å². The summed E-state index contributed by atoms with van der Waals surface area (Å²) in [6.07, 6.45) is 5.04. The number of carbonyl (C=O) groups excluding carboxylic acids is 1. The first-order chi connectivity index (χ1) is 8.31. The minimum absolute atomic E-state index is 0.410. The second kappa shape index (κ2) is 5.85. The highest BCUT2D eigenvalue weighted by molar-refractivity contribution is 5.81. The largest absolute Gasteiger partial charge is 0.370 e. The predicted molar refractivity (Wildman–Crippen MR) is 71.5 cm³/mol. The van der Waals surface area contributed by atoms with Crippen LogP contribution in [0, 0.1) is 0 Å². The summed E-state index contributed by atoms with van der Waals surface area (Å²) in [5.41, 5.74) is 2.78. The maximum absolute atomic E-state index is 11.3. The monoisotopic (exact) mass is 231 g/mol. The number of piperidine rings is 1. The quantitative estimate of drug-likeness (QED) is 0.793. The van der Waals surface area contributed by atoms with E-state index < -0.39 is 0 Å². The first-order valence-electron chi connectivity index (χ1n) is 6.66. The molecule has 92 valence electrons. The van der Waals surface area contributed by atoms with E-state index in [-0.39, 0.29) is 0 Å². The Labute approximate surface area is 104 Å². The van der Waals surface area contributed by atoms with Crippen LogP contribution in [0.5, 0.6) is 0 Å². The van der Waals surface area contributed by atoms with Crippen molar-refractivity contribution in [3.05, 3.63) is 29.8 Å². The van der Waals surface area contributed by atoms with Crippen LogP contribution in [0.2, 0.25) is 0 Å². The number of anilines is 1. The fourth-order valence-electron chi connectivity index (χ4n) is 2.39. The third kappa shape index (κ3) is 3.09. The average Bonchev–Trinajstić information content (AvgIpc) is 2.38. The molecule has 1 heterocycles. The van der Waals surface area contributed by atoms with E-state index in [1.165, 1.54) is 24.1 Å². The Kier molecular flexibility index (Phi) is 4.18. The van der Waals surface area contributed by atoms with E-state index in [0.717, 1.165) is 19.5 Å². The van der Waals surface area contributed by atoms with Crippen molar-refractivity contribution in [3.8, 4) is 0 Å². The van der Waals surface area contributed by atoms with Crippen molar-refractivity contribution in [2.45, 2.75) is 39.0 Å². The van der Waals surface area contributed by atoms with E-state index in [0.29, 0.717) is 18.6 Å². The third-order valence-electron chi connectivity index (χ3n) is 3.45. The molecular formula is C15H21NO. The van der Waals surface area contributed by atoms with Gasteiger partial charge in [0.15, 0.2) is 0 Å². The Bertz CT molecular complexity index is 376. The summed E-state index contributed by atoms with van der Waals surface area (Å²) in [4.78, 5) is 13.6. The van der Waals surface area contributed by atoms with Crippen molar-refractivity contribution < 1.29 is 4.79 Å². The van der Waals surface area contributed by atoms with E-state index in [9.17, 15) is 4.79 Å². The van der Waals surface area contributed by atoms with Crippen molar-refractivity contribution in [1.29, 1.82) is 0 Å². The van der Waals surface area contributed by atoms with Crippen LogP contribution >= 0.6 is 0 Å². The molecule has 2 nitrogen and oxygen atoms in total. The second-order valence-electron chi connectivity index (χ2n) is 4.76. The van der Waals surface area contributed by atoms with Crippen LogP contribution in [0.1, 0.15) is 38.2 Å². The van der Waals surface area contributed by atoms with E-state index in [1.54, 1.807) is 0 Å². The molecule has 1 aliphatic rings. The fourth-order valence-corrected chi connectivity index (χ4v) is 2.39. The number of para-hydroxylation sites is 1. The van der Waals surface area contributed by atoms with E-state index in [2.05, 4.69) is 36.1 Å². The molecule has 1 saturated heterocycles. The smallest absolute Gasteiger partial charge is 0.136 e. The highest BCUT2D eigenvalue weighted by Gasteiger charge is 2.17. The average molecular weight is 231 g/mol. The zero-order chi connectivity index (χ0) is 12.1. The summed E-state index contributed by atoms with van der Waals surface area (Å²) in [5, 5.41) is 0. The van der Waals surface area contributed by atoms with Crippen LogP contribution in [0.25, 0.3) is 0 Å². The Morgan fingerprint density at radius 1 is 1.18 bits per heavy atom. The van der Waals surface area contributed by atoms with Crippen LogP contribution in [0.4, 0.5) is 5.69 Å². The van der Waals surface area contributed by atoms with Crippen LogP contribution in [0.3, 0.4) is 0 Å². The lowest BCUT2D eigenvalue weighted by molar-refractivity contribution is -0.119. The van der Waals surface area contributed by atoms with Gasteiger partial charge in [-0.25, -0.2) is 0 Å². The second-order valence-corrected chi connectivity index (χ2v) is 4.76. The van der Waals surface area contributed by atoms with Gasteiger partial charge in [-0.15, -0.1) is 0 Å². The number of rotatable bonds is 4. The first kappa shape index (κ1) is 12.2. The number of unbranched alkanes of at least 4 members (excludes halogenated alkanes) is 1. The van der Waals surface area contributed by atoms with Crippen molar-refractivity contribution in [3.63, 3.8) is 0 Å². The molecule has 0 aromatic heterocycles. The van der Waals surface area contributed by atoms with E-state index in [4.69, 9.17) is 0 Å². The van der Waals surface area contributed by atoms with Gasteiger partial charge >= 0.3 is 0 Å². The number of aryl methyl sites for hydroxylation is 1. The third-order valence-corrected chi connectivity index (χ3v) is 3.45. The van der Waals surface area contributed by atoms with Gasteiger partial charge in [-0.05, 0) is 24.5 Å². The molecule has 17 heavy (non-hydrogen) atoms. The molecule has 2 heteroatoms. The van der Waals surface area contributed by atoms with Gasteiger partial charge in [0.25, 0.3) is 0 Å². The minimum Gasteiger partial charge on any atom is -0.370 e. The SMILES string of the molecule is CCCCc1ccccc1N1CCC(=O)CC1. The van der Waals surface area contributed by atoms with Gasteiger partial charge in [0.2, 0.25) is 0 Å². The zero-order valence-electron chi connectivity index (χ0n) is 10.6. The molecule has 0 bridgehead atoms. The maximum Gasteiger partial charge on any atom is 0.136 e. The number of ketones is 1. The molecule has 0 N–H and O–H groups in total. The summed E-state index contributed by atoms with van der Waals surface area (Å²) < 4.78 is 0. The Balaban J connectivity index is 2.10. The summed E-state index contributed by atoms with van der Waals surface area (Å²) in [6, 6.07) is 8.63. The Morgan fingerprint density at radius 3 is 2.59 bits per heavy atom. The Hall–Kier alpha value is -1.31. The van der Waals surface area contributed by atoms with Crippen LogP contribution < -0.4 is 4.90 Å². The van der Waals surface area contributed by atoms with Gasteiger partial charge in [0.05, 0.1) is 0 Å². The predicted octanol–water partition coefficient (Wildman–Crippen LogP) is 3.20. The molecular weight excluding hydrogens is 210 g/mol. The number of carbonyl (C=O) groups is 1. The Morgan fingerprint density at radius 2 is 1.88 bits per heavy atom. The van der Waals surface area contributed by atoms with Crippen molar-refractivity contribution in [1.82, 2.24) is 0 Å². The number of benzene rings is 1. The van der Waals surface area contributed by atoms with Crippen molar-refractivity contribution >= 4 is 11.5 Å². The molecule has 0 spiro atoms. The summed E-state index contributed by atoms with van der Waals surface area (Å²) in [5.74, 6) is 0.410. The lowest BCUT2D eigenvalue weighted by atomic mass is 10.0. The van der Waals surface area contributed by atoms with Crippen molar-refractivity contribution in [2.24, 2.45) is 0 Å². The molecule has 1 aromatic rings. The lowest BCUT2D eigenvalue weighted by Crippen LogP contribution is -2.34. The molecule has 0 saturated carbocycles. The zero-order valence-corrected chi connectivity index (χ0v) is 10.6. The van der Waals surface area contributed by atoms with Gasteiger partial charge in [0, 0.05) is 31.6 Å². The van der Waals surface area contributed by atoms with Crippen LogP contribution in [-0.2, 0) is 11.2 Å². The first-order valence-corrected chi connectivity index (χ1v) is 6.66. The highest BCUT2D eigenvalue weighted by atomic mass is 16.1. The van der Waals surface area contributed by atoms with Gasteiger partial charge < -0.3 is 4.90 Å². The van der Waals surface area contributed by atoms with E-state index >= 15 is 0 Å². The normalized spacial score (nSPS) is 16.3. The summed E-state index contributed by atoms with van der Waals surface area (Å²) in [7, 11) is 0. The molecule has 0 radical (unpaired) electrons. The molecule has 1 fully saturated rings. The summed E-state index contributed by atoms with van der Waals surface area (Å²) >= 11 is 0. The number of Topliss-reactive ketones (excluding diaryl/α,β-unsaturated/α-hetero) is 1. The number of hydrogen-bond donors (Lipinski definition) is 0. The number of nitrogens with zero attached hydrogens (tertiary/aromatic N) is 1. The molecule has 2 rings (SSSR count). The molecule has 0 amide bonds. The minimum atomic E-state index is 0.410. The lowest BCUT2D eigenvalue weighted by Gasteiger charge is -2.30. The molecule has 1 aromatic carbocycles. The summed E-state index contributed by atoms with van der Waals surface area (Å²) in [6.45, 7) is 4.01. The van der Waals surface area contributed by atoms with Crippen LogP contribution in [-0.4, -0.2) is 18.9 Å². The number of hydrogen-bond acceptors (Lipinski definition) is 2. The standard InChI is InChI=1S/C15H21NO/c1-2-3-6-13-7-4-5-8-15(13)16-11-9-14(17)10-12-16/h4-5,7-8H,2-3,6,9-12H2,1H3. The topological polar surface area (TPSA) is 20.3 Å². The van der Waals surface area contributed by atoms with Gasteiger partial charge in [-0.1, -0.05) is 31.5 Å². The van der Waals surface area contributed by atoms with Gasteiger partial charge in [-0.2, -0.15) is 0 Å². The molecule has 0 atom stereocenters. The fraction of sp³-hybridized carbons (Fsp3) is 0.533. The molecule has 0 aliphatic carbocycles. The van der Waals surface area contributed by atoms with Gasteiger partial charge in [0.1, 0.15) is 5.78 Å². The van der Waals surface area contributed by atoms with Gasteiger partial charge in [-0.3, -0.25) is 4.79 Å². The van der Waals surface area contributed by atoms with Crippen molar-refractivity contribution in [2.75, 3.05) is 18.0 Å². The van der Waals surface area contributed by atoms with Crippen LogP contribution in [0.15, 0.2) is 24.3 Å².